The lowest BCUT2D eigenvalue weighted by Crippen LogP contribution is -2.21. The summed E-state index contributed by atoms with van der Waals surface area (Å²) in [6.45, 7) is 0. The predicted molar refractivity (Wildman–Crippen MR) is 97.3 cm³/mol. The van der Waals surface area contributed by atoms with E-state index in [1.54, 1.807) is 4.68 Å². The highest BCUT2D eigenvalue weighted by Gasteiger charge is 2.13. The predicted octanol–water partition coefficient (Wildman–Crippen LogP) is 0.832. The second-order valence-corrected chi connectivity index (χ2v) is 7.80. The molecule has 0 spiro atoms. The van der Waals surface area contributed by atoms with Crippen molar-refractivity contribution in [3.8, 4) is 5.69 Å². The molecule has 0 bridgehead atoms. The van der Waals surface area contributed by atoms with Crippen molar-refractivity contribution in [1.82, 2.24) is 20.2 Å². The summed E-state index contributed by atoms with van der Waals surface area (Å²) in [5, 5.41) is 30.2. The second-order valence-electron chi connectivity index (χ2n) is 5.25. The van der Waals surface area contributed by atoms with Gasteiger partial charge in [-0.25, -0.2) is 13.6 Å². The van der Waals surface area contributed by atoms with Crippen molar-refractivity contribution in [1.29, 1.82) is 0 Å². The Kier molecular flexibility index (Phi) is 5.52. The molecule has 0 radical (unpaired) electrons. The summed E-state index contributed by atoms with van der Waals surface area (Å²) >= 11 is 1.28. The van der Waals surface area contributed by atoms with Gasteiger partial charge in [-0.3, -0.25) is 0 Å². The maximum Gasteiger partial charge on any atom is 0.238 e. The van der Waals surface area contributed by atoms with Crippen molar-refractivity contribution < 1.29 is 13.5 Å². The summed E-state index contributed by atoms with van der Waals surface area (Å²) in [6, 6.07) is 15.2. The molecule has 0 amide bonds. The maximum atomic E-state index is 11.2. The first-order chi connectivity index (χ1) is 12.4. The van der Waals surface area contributed by atoms with E-state index in [4.69, 9.17) is 5.14 Å². The van der Waals surface area contributed by atoms with E-state index < -0.39 is 16.3 Å². The molecule has 11 heteroatoms. The van der Waals surface area contributed by atoms with Gasteiger partial charge in [0, 0.05) is 11.4 Å². The first kappa shape index (κ1) is 18.3. The van der Waals surface area contributed by atoms with Gasteiger partial charge in [-0.2, -0.15) is 4.68 Å². The SMILES string of the molecule is NS(=O)(=O)c1ccc(N[C@@H](O)CSc2nnnn2-c2ccccc2)cc1. The molecule has 0 saturated heterocycles. The fourth-order valence-corrected chi connectivity index (χ4v) is 3.39. The molecular formula is C15H16N6O3S2. The number of benzene rings is 2. The molecule has 0 aliphatic carbocycles. The number of para-hydroxylation sites is 1. The minimum Gasteiger partial charge on any atom is -0.373 e. The molecule has 0 unspecified atom stereocenters. The van der Waals surface area contributed by atoms with Crippen molar-refractivity contribution >= 4 is 27.5 Å². The van der Waals surface area contributed by atoms with Gasteiger partial charge in [0.2, 0.25) is 15.2 Å². The highest BCUT2D eigenvalue weighted by molar-refractivity contribution is 7.99. The van der Waals surface area contributed by atoms with Crippen molar-refractivity contribution in [3.05, 3.63) is 54.6 Å². The molecule has 1 aromatic heterocycles. The van der Waals surface area contributed by atoms with E-state index in [1.807, 2.05) is 30.3 Å². The summed E-state index contributed by atoms with van der Waals surface area (Å²) in [6.07, 6.45) is -0.888. The Labute approximate surface area is 154 Å². The van der Waals surface area contributed by atoms with Crippen LogP contribution in [0.15, 0.2) is 64.6 Å². The first-order valence-corrected chi connectivity index (χ1v) is 10.0. The second kappa shape index (κ2) is 7.83. The van der Waals surface area contributed by atoms with Crippen molar-refractivity contribution in [2.45, 2.75) is 16.3 Å². The molecule has 3 aromatic rings. The van der Waals surface area contributed by atoms with E-state index in [0.717, 1.165) is 5.69 Å². The number of nitrogens with two attached hydrogens (primary N) is 1. The van der Waals surface area contributed by atoms with Crippen LogP contribution >= 0.6 is 11.8 Å². The number of aliphatic hydroxyl groups excluding tert-OH is 1. The van der Waals surface area contributed by atoms with Gasteiger partial charge < -0.3 is 10.4 Å². The molecule has 0 aliphatic rings. The lowest BCUT2D eigenvalue weighted by Gasteiger charge is -2.14. The minimum atomic E-state index is -3.74. The van der Waals surface area contributed by atoms with E-state index in [0.29, 0.717) is 10.8 Å². The smallest absolute Gasteiger partial charge is 0.238 e. The number of hydrogen-bond donors (Lipinski definition) is 3. The first-order valence-electron chi connectivity index (χ1n) is 7.47. The van der Waals surface area contributed by atoms with Crippen LogP contribution in [0.1, 0.15) is 0 Å². The Bertz CT molecular complexity index is 961. The van der Waals surface area contributed by atoms with Gasteiger partial charge in [0.25, 0.3) is 0 Å². The van der Waals surface area contributed by atoms with Crippen LogP contribution in [0.5, 0.6) is 0 Å². The van der Waals surface area contributed by atoms with E-state index >= 15 is 0 Å². The molecule has 136 valence electrons. The molecule has 9 nitrogen and oxygen atoms in total. The average Bonchev–Trinajstić information content (AvgIpc) is 3.09. The van der Waals surface area contributed by atoms with Gasteiger partial charge in [-0.1, -0.05) is 30.0 Å². The maximum absolute atomic E-state index is 11.2. The molecule has 1 heterocycles. The Morgan fingerprint density at radius 3 is 2.50 bits per heavy atom. The topological polar surface area (TPSA) is 136 Å². The Balaban J connectivity index is 1.60. The number of aliphatic hydroxyl groups is 1. The standard InChI is InChI=1S/C15H16N6O3S2/c16-26(23,24)13-8-6-11(7-9-13)17-14(22)10-25-15-18-19-20-21(15)12-4-2-1-3-5-12/h1-9,14,17,22H,10H2,(H2,16,23,24)/t14-/m0/s1. The molecule has 0 aliphatic heterocycles. The quantitative estimate of drug-likeness (QED) is 0.397. The Morgan fingerprint density at radius 2 is 1.85 bits per heavy atom. The van der Waals surface area contributed by atoms with Gasteiger partial charge in [0.15, 0.2) is 0 Å². The van der Waals surface area contributed by atoms with Crippen LogP contribution in [0, 0.1) is 0 Å². The molecule has 1 atom stereocenters. The normalized spacial score (nSPS) is 12.7. The Hall–Kier alpha value is -2.47. The van der Waals surface area contributed by atoms with Crippen LogP contribution in [0.2, 0.25) is 0 Å². The van der Waals surface area contributed by atoms with E-state index in [1.165, 1.54) is 36.0 Å². The largest absolute Gasteiger partial charge is 0.373 e. The highest BCUT2D eigenvalue weighted by atomic mass is 32.2. The van der Waals surface area contributed by atoms with Crippen molar-refractivity contribution in [2.24, 2.45) is 5.14 Å². The summed E-state index contributed by atoms with van der Waals surface area (Å²) < 4.78 is 24.0. The molecule has 0 saturated carbocycles. The zero-order valence-corrected chi connectivity index (χ0v) is 15.1. The van der Waals surface area contributed by atoms with Gasteiger partial charge >= 0.3 is 0 Å². The molecular weight excluding hydrogens is 376 g/mol. The third-order valence-corrected chi connectivity index (χ3v) is 5.25. The van der Waals surface area contributed by atoms with Crippen LogP contribution in [-0.4, -0.2) is 45.7 Å². The lowest BCUT2D eigenvalue weighted by molar-refractivity contribution is 0.229. The van der Waals surface area contributed by atoms with Gasteiger partial charge in [0.1, 0.15) is 6.23 Å². The number of sulfonamides is 1. The van der Waals surface area contributed by atoms with Crippen LogP contribution in [0.4, 0.5) is 5.69 Å². The number of nitrogens with one attached hydrogen (secondary N) is 1. The van der Waals surface area contributed by atoms with Gasteiger partial charge in [0.05, 0.1) is 10.6 Å². The number of anilines is 1. The van der Waals surface area contributed by atoms with Crippen molar-refractivity contribution in [2.75, 3.05) is 11.1 Å². The lowest BCUT2D eigenvalue weighted by atomic mass is 10.3. The van der Waals surface area contributed by atoms with Crippen molar-refractivity contribution in [3.63, 3.8) is 0 Å². The third kappa shape index (κ3) is 4.58. The van der Waals surface area contributed by atoms with Crippen LogP contribution in [0.25, 0.3) is 5.69 Å². The third-order valence-electron chi connectivity index (χ3n) is 3.33. The minimum absolute atomic E-state index is 0.00829. The van der Waals surface area contributed by atoms with E-state index in [9.17, 15) is 13.5 Å². The number of primary sulfonamides is 1. The molecule has 4 N–H and O–H groups in total. The monoisotopic (exact) mass is 392 g/mol. The fourth-order valence-electron chi connectivity index (χ4n) is 2.13. The van der Waals surface area contributed by atoms with Crippen LogP contribution < -0.4 is 10.5 Å². The highest BCUT2D eigenvalue weighted by Crippen LogP contribution is 2.20. The molecule has 0 fully saturated rings. The molecule has 3 rings (SSSR count). The van der Waals surface area contributed by atoms with E-state index in [-0.39, 0.29) is 10.6 Å². The number of nitrogens with zero attached hydrogens (tertiary/aromatic N) is 4. The summed E-state index contributed by atoms with van der Waals surface area (Å²) in [4.78, 5) is 0.00829. The van der Waals surface area contributed by atoms with Crippen LogP contribution in [0.3, 0.4) is 0 Å². The zero-order valence-electron chi connectivity index (χ0n) is 13.4. The van der Waals surface area contributed by atoms with Gasteiger partial charge in [-0.05, 0) is 46.8 Å². The van der Waals surface area contributed by atoms with Gasteiger partial charge in [-0.15, -0.1) is 5.10 Å². The number of tetrazole rings is 1. The molecule has 26 heavy (non-hydrogen) atoms. The molecule has 2 aromatic carbocycles. The number of rotatable bonds is 7. The fraction of sp³-hybridized carbons (Fsp3) is 0.133. The summed E-state index contributed by atoms with van der Waals surface area (Å²) in [5.74, 6) is 0.282. The van der Waals surface area contributed by atoms with Crippen LogP contribution in [-0.2, 0) is 10.0 Å². The number of hydrogen-bond acceptors (Lipinski definition) is 8. The number of aromatic nitrogens is 4. The summed E-state index contributed by atoms with van der Waals surface area (Å²) in [5.41, 5.74) is 1.38. The number of thioether (sulfide) groups is 1. The van der Waals surface area contributed by atoms with E-state index in [2.05, 4.69) is 20.8 Å². The average molecular weight is 392 g/mol. The zero-order chi connectivity index (χ0) is 18.6. The Morgan fingerprint density at radius 1 is 1.15 bits per heavy atom. The summed E-state index contributed by atoms with van der Waals surface area (Å²) in [7, 11) is -3.74.